The number of oxime groups is 1. The molecule has 0 saturated carbocycles. The Labute approximate surface area is 123 Å². The van der Waals surface area contributed by atoms with Crippen molar-refractivity contribution in [3.8, 4) is 0 Å². The van der Waals surface area contributed by atoms with Crippen LogP contribution in [0.25, 0.3) is 0 Å². The number of nitrogens with one attached hydrogen (secondary N) is 1. The molecule has 1 atom stereocenters. The summed E-state index contributed by atoms with van der Waals surface area (Å²) in [6, 6.07) is 16.1. The lowest BCUT2D eigenvalue weighted by Gasteiger charge is -2.19. The quantitative estimate of drug-likeness (QED) is 0.331. The minimum absolute atomic E-state index is 0.130. The first-order valence-electron chi connectivity index (χ1n) is 6.69. The molecule has 0 aliphatic rings. The van der Waals surface area contributed by atoms with Gasteiger partial charge < -0.3 is 16.3 Å². The van der Waals surface area contributed by atoms with Crippen molar-refractivity contribution in [2.24, 2.45) is 10.9 Å². The predicted octanol–water partition coefficient (Wildman–Crippen LogP) is 2.79. The molecule has 0 radical (unpaired) electrons. The molecular formula is C16H18FN3O. The lowest BCUT2D eigenvalue weighted by molar-refractivity contribution is 0.315. The average Bonchev–Trinajstić information content (AvgIpc) is 2.53. The third-order valence-electron chi connectivity index (χ3n) is 3.24. The van der Waals surface area contributed by atoms with Gasteiger partial charge in [-0.1, -0.05) is 53.7 Å². The van der Waals surface area contributed by atoms with Gasteiger partial charge in [0.2, 0.25) is 0 Å². The zero-order valence-electron chi connectivity index (χ0n) is 11.5. The number of hydrogen-bond acceptors (Lipinski definition) is 3. The van der Waals surface area contributed by atoms with E-state index in [4.69, 9.17) is 10.9 Å². The van der Waals surface area contributed by atoms with Crippen LogP contribution in [0.1, 0.15) is 23.6 Å². The van der Waals surface area contributed by atoms with Crippen LogP contribution in [-0.4, -0.2) is 11.0 Å². The highest BCUT2D eigenvalue weighted by Gasteiger charge is 2.13. The Kier molecular flexibility index (Phi) is 5.29. The Morgan fingerprint density at radius 3 is 2.48 bits per heavy atom. The number of amidine groups is 1. The maximum absolute atomic E-state index is 13.6. The first-order valence-corrected chi connectivity index (χ1v) is 6.69. The van der Waals surface area contributed by atoms with Crippen LogP contribution in [0, 0.1) is 5.82 Å². The third kappa shape index (κ3) is 4.29. The maximum atomic E-state index is 13.6. The summed E-state index contributed by atoms with van der Waals surface area (Å²) in [5.41, 5.74) is 7.18. The summed E-state index contributed by atoms with van der Waals surface area (Å²) in [5.74, 6) is -0.120. The Bertz CT molecular complexity index is 601. The highest BCUT2D eigenvalue weighted by atomic mass is 19.1. The Hall–Kier alpha value is -2.40. The summed E-state index contributed by atoms with van der Waals surface area (Å²) in [7, 11) is 0. The van der Waals surface area contributed by atoms with Crippen LogP contribution in [0.2, 0.25) is 0 Å². The van der Waals surface area contributed by atoms with E-state index >= 15 is 0 Å². The molecule has 0 fully saturated rings. The van der Waals surface area contributed by atoms with Gasteiger partial charge in [0.1, 0.15) is 11.7 Å². The number of nitrogens with zero attached hydrogens (tertiary/aromatic N) is 1. The lowest BCUT2D eigenvalue weighted by Crippen LogP contribution is -2.27. The highest BCUT2D eigenvalue weighted by molar-refractivity contribution is 5.80. The summed E-state index contributed by atoms with van der Waals surface area (Å²) >= 11 is 0. The molecule has 21 heavy (non-hydrogen) atoms. The molecule has 0 bridgehead atoms. The van der Waals surface area contributed by atoms with E-state index in [1.807, 2.05) is 30.3 Å². The molecule has 0 spiro atoms. The summed E-state index contributed by atoms with van der Waals surface area (Å²) < 4.78 is 13.6. The fourth-order valence-electron chi connectivity index (χ4n) is 2.12. The van der Waals surface area contributed by atoms with Crippen LogP contribution in [0.3, 0.4) is 0 Å². The van der Waals surface area contributed by atoms with Gasteiger partial charge in [0, 0.05) is 24.6 Å². The van der Waals surface area contributed by atoms with Crippen LogP contribution < -0.4 is 11.1 Å². The second kappa shape index (κ2) is 7.40. The van der Waals surface area contributed by atoms with Gasteiger partial charge in [0.15, 0.2) is 0 Å². The van der Waals surface area contributed by atoms with Gasteiger partial charge in [-0.3, -0.25) is 0 Å². The summed E-state index contributed by atoms with van der Waals surface area (Å²) in [6.45, 7) is 0.366. The molecule has 2 aromatic carbocycles. The van der Waals surface area contributed by atoms with Crippen LogP contribution >= 0.6 is 0 Å². The molecule has 0 aliphatic heterocycles. The van der Waals surface area contributed by atoms with E-state index in [2.05, 4.69) is 10.5 Å². The van der Waals surface area contributed by atoms with Gasteiger partial charge in [-0.25, -0.2) is 4.39 Å². The Morgan fingerprint density at radius 2 is 1.81 bits per heavy atom. The van der Waals surface area contributed by atoms with E-state index in [0.29, 0.717) is 18.5 Å². The van der Waals surface area contributed by atoms with Crippen molar-refractivity contribution < 1.29 is 9.60 Å². The summed E-state index contributed by atoms with van der Waals surface area (Å²) in [6.07, 6.45) is 0.342. The highest BCUT2D eigenvalue weighted by Crippen LogP contribution is 2.18. The zero-order valence-corrected chi connectivity index (χ0v) is 11.5. The van der Waals surface area contributed by atoms with E-state index in [9.17, 15) is 4.39 Å². The predicted molar refractivity (Wildman–Crippen MR) is 80.4 cm³/mol. The van der Waals surface area contributed by atoms with Crippen LogP contribution in [0.15, 0.2) is 59.8 Å². The van der Waals surface area contributed by atoms with Crippen LogP contribution in [0.5, 0.6) is 0 Å². The molecule has 4 N–H and O–H groups in total. The monoisotopic (exact) mass is 287 g/mol. The lowest BCUT2D eigenvalue weighted by atomic mass is 10.0. The van der Waals surface area contributed by atoms with E-state index < -0.39 is 0 Å². The molecule has 5 heteroatoms. The largest absolute Gasteiger partial charge is 0.409 e. The van der Waals surface area contributed by atoms with E-state index in [-0.39, 0.29) is 17.7 Å². The molecule has 0 heterocycles. The maximum Gasteiger partial charge on any atom is 0.141 e. The molecular weight excluding hydrogens is 269 g/mol. The molecule has 110 valence electrons. The van der Waals surface area contributed by atoms with Crippen LogP contribution in [-0.2, 0) is 6.54 Å². The fourth-order valence-corrected chi connectivity index (χ4v) is 2.12. The van der Waals surface area contributed by atoms with Gasteiger partial charge in [0.25, 0.3) is 0 Å². The zero-order chi connectivity index (χ0) is 15.1. The number of rotatable bonds is 6. The van der Waals surface area contributed by atoms with E-state index in [0.717, 1.165) is 5.56 Å². The van der Waals surface area contributed by atoms with Gasteiger partial charge >= 0.3 is 0 Å². The van der Waals surface area contributed by atoms with Crippen molar-refractivity contribution in [1.29, 1.82) is 0 Å². The molecule has 2 aromatic rings. The van der Waals surface area contributed by atoms with E-state index in [1.165, 1.54) is 6.07 Å². The molecule has 2 rings (SSSR count). The standard InChI is InChI=1S/C16H18FN3O/c17-14-9-5-4-8-13(14)11-19-15(10-16(18)20-21)12-6-2-1-3-7-12/h1-9,15,19,21H,10-11H2,(H2,18,20). The SMILES string of the molecule is NC(CC(NCc1ccccc1F)c1ccccc1)=NO. The molecule has 4 nitrogen and oxygen atoms in total. The first kappa shape index (κ1) is 15.0. The molecule has 0 saturated heterocycles. The van der Waals surface area contributed by atoms with Crippen molar-refractivity contribution in [2.45, 2.75) is 19.0 Å². The third-order valence-corrected chi connectivity index (χ3v) is 3.24. The minimum atomic E-state index is -0.249. The second-order valence-electron chi connectivity index (χ2n) is 4.73. The smallest absolute Gasteiger partial charge is 0.141 e. The topological polar surface area (TPSA) is 70.6 Å². The fraction of sp³-hybridized carbons (Fsp3) is 0.188. The Morgan fingerprint density at radius 1 is 1.14 bits per heavy atom. The molecule has 0 amide bonds. The van der Waals surface area contributed by atoms with Gasteiger partial charge in [-0.15, -0.1) is 0 Å². The van der Waals surface area contributed by atoms with Crippen molar-refractivity contribution in [3.63, 3.8) is 0 Å². The normalized spacial score (nSPS) is 13.1. The number of halogens is 1. The number of benzene rings is 2. The van der Waals surface area contributed by atoms with Gasteiger partial charge in [-0.2, -0.15) is 0 Å². The molecule has 0 aliphatic carbocycles. The summed E-state index contributed by atoms with van der Waals surface area (Å²) in [5, 5.41) is 15.0. The van der Waals surface area contributed by atoms with Crippen LogP contribution in [0.4, 0.5) is 4.39 Å². The Balaban J connectivity index is 2.11. The number of nitrogens with two attached hydrogens (primary N) is 1. The van der Waals surface area contributed by atoms with Gasteiger partial charge in [0.05, 0.1) is 0 Å². The minimum Gasteiger partial charge on any atom is -0.409 e. The first-order chi connectivity index (χ1) is 10.2. The van der Waals surface area contributed by atoms with Crippen molar-refractivity contribution in [2.75, 3.05) is 0 Å². The van der Waals surface area contributed by atoms with E-state index in [1.54, 1.807) is 18.2 Å². The average molecular weight is 287 g/mol. The van der Waals surface area contributed by atoms with Gasteiger partial charge in [-0.05, 0) is 11.6 Å². The second-order valence-corrected chi connectivity index (χ2v) is 4.73. The number of hydrogen-bond donors (Lipinski definition) is 3. The summed E-state index contributed by atoms with van der Waals surface area (Å²) in [4.78, 5) is 0. The van der Waals surface area contributed by atoms with Crippen molar-refractivity contribution in [1.82, 2.24) is 5.32 Å². The van der Waals surface area contributed by atoms with Crippen molar-refractivity contribution >= 4 is 5.84 Å². The molecule has 0 aromatic heterocycles. The van der Waals surface area contributed by atoms with Crippen molar-refractivity contribution in [3.05, 3.63) is 71.5 Å². The molecule has 1 unspecified atom stereocenters.